The lowest BCUT2D eigenvalue weighted by Crippen LogP contribution is -2.47. The van der Waals surface area contributed by atoms with Crippen molar-refractivity contribution in [3.05, 3.63) is 94.3 Å². The number of nitrogens with zero attached hydrogens (tertiary/aromatic N) is 4. The van der Waals surface area contributed by atoms with Crippen LogP contribution in [0.25, 0.3) is 0 Å². The molecule has 5 rings (SSSR count). The van der Waals surface area contributed by atoms with Crippen LogP contribution >= 0.6 is 23.1 Å². The zero-order valence-electron chi connectivity index (χ0n) is 28.4. The van der Waals surface area contributed by atoms with Gasteiger partial charge in [-0.3, -0.25) is 0 Å². The Morgan fingerprint density at radius 3 is 2.36 bits per heavy atom. The summed E-state index contributed by atoms with van der Waals surface area (Å²) in [5.74, 6) is -2.05. The number of aryl methyl sites for hydroxylation is 1. The Morgan fingerprint density at radius 2 is 1.76 bits per heavy atom. The summed E-state index contributed by atoms with van der Waals surface area (Å²) in [6.45, 7) is 7.86. The number of ether oxygens (including phenoxy) is 3. The molecule has 0 aliphatic carbocycles. The Morgan fingerprint density at radius 1 is 1.06 bits per heavy atom. The number of piperidine rings is 1. The van der Waals surface area contributed by atoms with Crippen LogP contribution in [0.5, 0.6) is 11.5 Å². The van der Waals surface area contributed by atoms with E-state index in [-0.39, 0.29) is 18.3 Å². The van der Waals surface area contributed by atoms with Crippen LogP contribution < -0.4 is 13.8 Å². The molecule has 0 unspecified atom stereocenters. The minimum Gasteiger partial charge on any atom is -0.497 e. The number of methoxy groups -OCH3 is 1. The van der Waals surface area contributed by atoms with Crippen LogP contribution in [0.4, 0.5) is 18.7 Å². The summed E-state index contributed by atoms with van der Waals surface area (Å²) in [6.07, 6.45) is 2.34. The zero-order valence-corrected chi connectivity index (χ0v) is 30.8. The Labute approximate surface area is 300 Å². The average Bonchev–Trinajstić information content (AvgIpc) is 3.59. The second-order valence-electron chi connectivity index (χ2n) is 13.1. The van der Waals surface area contributed by atoms with E-state index < -0.39 is 49.4 Å². The highest BCUT2D eigenvalue weighted by Gasteiger charge is 2.39. The zero-order chi connectivity index (χ0) is 36.3. The van der Waals surface area contributed by atoms with Gasteiger partial charge in [0.05, 0.1) is 20.3 Å². The number of amides is 1. The van der Waals surface area contributed by atoms with E-state index in [1.165, 1.54) is 13.4 Å². The molecule has 0 atom stereocenters. The number of hydrogen-bond donors (Lipinski definition) is 0. The van der Waals surface area contributed by atoms with E-state index >= 15 is 8.78 Å². The molecule has 15 heteroatoms. The van der Waals surface area contributed by atoms with Crippen molar-refractivity contribution in [2.75, 3.05) is 31.1 Å². The van der Waals surface area contributed by atoms with Crippen LogP contribution in [0.1, 0.15) is 56.7 Å². The summed E-state index contributed by atoms with van der Waals surface area (Å²) in [5.41, 5.74) is 1.23. The third-order valence-corrected chi connectivity index (χ3v) is 11.5. The summed E-state index contributed by atoms with van der Waals surface area (Å²) in [5, 5.41) is 0.563. The van der Waals surface area contributed by atoms with Gasteiger partial charge in [-0.1, -0.05) is 29.8 Å². The molecule has 4 aromatic rings. The van der Waals surface area contributed by atoms with Gasteiger partial charge in [-0.05, 0) is 87.9 Å². The van der Waals surface area contributed by atoms with Gasteiger partial charge >= 0.3 is 6.09 Å². The lowest BCUT2D eigenvalue weighted by atomic mass is 9.70. The van der Waals surface area contributed by atoms with Crippen molar-refractivity contribution in [1.29, 1.82) is 0 Å². The second-order valence-corrected chi connectivity index (χ2v) is 16.1. The first-order valence-corrected chi connectivity index (χ1v) is 18.5. The molecule has 0 N–H and O–H groups in total. The second kappa shape index (κ2) is 15.1. The van der Waals surface area contributed by atoms with Gasteiger partial charge in [0.1, 0.15) is 28.4 Å². The highest BCUT2D eigenvalue weighted by Crippen LogP contribution is 2.40. The fraction of sp³-hybridized carbons (Fsp3) is 0.400. The predicted molar refractivity (Wildman–Crippen MR) is 188 cm³/mol. The highest BCUT2D eigenvalue weighted by molar-refractivity contribution is 7.93. The fourth-order valence-corrected chi connectivity index (χ4v) is 8.20. The molecule has 268 valence electrons. The van der Waals surface area contributed by atoms with Crippen molar-refractivity contribution < 1.29 is 36.2 Å². The number of likely N-dealkylation sites (tertiary alicyclic amines) is 1. The standard InChI is InChI=1S/C35H39ClF2N4O6S2/c1-23-18-27(46-5)11-6-24(23)21-42(32-39-22-40-49-32)50(44,45)31-20-28(37)30(19-29(31)38)47-17-14-35(25-7-9-26(36)10-8-25)12-15-41(16-13-35)33(43)48-34(2,3)4/h6-11,18-20,22H,12-17,21H2,1-5H3. The number of carbonyl (C=O) groups excluding carboxylic acids is 1. The normalized spacial score (nSPS) is 14.7. The molecule has 0 bridgehead atoms. The third-order valence-electron chi connectivity index (χ3n) is 8.65. The topological polar surface area (TPSA) is 111 Å². The molecule has 3 aromatic carbocycles. The molecule has 1 aliphatic heterocycles. The molecule has 0 radical (unpaired) electrons. The molecule has 50 heavy (non-hydrogen) atoms. The van der Waals surface area contributed by atoms with Gasteiger partial charge in [0.2, 0.25) is 5.13 Å². The molecule has 1 fully saturated rings. The van der Waals surface area contributed by atoms with Crippen molar-refractivity contribution in [2.45, 2.75) is 69.4 Å². The highest BCUT2D eigenvalue weighted by atomic mass is 35.5. The van der Waals surface area contributed by atoms with E-state index in [9.17, 15) is 13.2 Å². The molecule has 1 saturated heterocycles. The summed E-state index contributed by atoms with van der Waals surface area (Å²) >= 11 is 6.97. The maximum absolute atomic E-state index is 15.7. The van der Waals surface area contributed by atoms with E-state index in [0.717, 1.165) is 33.0 Å². The molecule has 0 spiro atoms. The first-order valence-electron chi connectivity index (χ1n) is 15.9. The van der Waals surface area contributed by atoms with E-state index in [0.29, 0.717) is 54.8 Å². The lowest BCUT2D eigenvalue weighted by Gasteiger charge is -2.42. The maximum Gasteiger partial charge on any atom is 0.410 e. The smallest absolute Gasteiger partial charge is 0.410 e. The largest absolute Gasteiger partial charge is 0.497 e. The fourth-order valence-electron chi connectivity index (χ4n) is 5.88. The third kappa shape index (κ3) is 8.47. The molecular formula is C35H39ClF2N4O6S2. The van der Waals surface area contributed by atoms with E-state index in [4.69, 9.17) is 25.8 Å². The number of benzene rings is 3. The van der Waals surface area contributed by atoms with Crippen molar-refractivity contribution in [3.63, 3.8) is 0 Å². The lowest BCUT2D eigenvalue weighted by molar-refractivity contribution is 0.0152. The number of anilines is 1. The van der Waals surface area contributed by atoms with Crippen molar-refractivity contribution >= 4 is 44.4 Å². The minimum atomic E-state index is -4.65. The van der Waals surface area contributed by atoms with E-state index in [2.05, 4.69) is 9.36 Å². The Balaban J connectivity index is 1.35. The van der Waals surface area contributed by atoms with Gasteiger partial charge in [0.25, 0.3) is 10.0 Å². The van der Waals surface area contributed by atoms with Crippen molar-refractivity contribution in [1.82, 2.24) is 14.3 Å². The molecular weight excluding hydrogens is 710 g/mol. The Kier molecular flexibility index (Phi) is 11.2. The number of aromatic nitrogens is 2. The number of sulfonamides is 1. The maximum atomic E-state index is 15.7. The minimum absolute atomic E-state index is 0.00873. The van der Waals surface area contributed by atoms with Crippen LogP contribution in [-0.2, 0) is 26.7 Å². The molecule has 1 amide bonds. The SMILES string of the molecule is COc1ccc(CN(c2ncns2)S(=O)(=O)c2cc(F)c(OCCC3(c4ccc(Cl)cc4)CCN(C(=O)OC(C)(C)C)CC3)cc2F)c(C)c1. The number of halogens is 3. The summed E-state index contributed by atoms with van der Waals surface area (Å²) < 4.78 is 80.4. The van der Waals surface area contributed by atoms with Crippen molar-refractivity contribution in [2.24, 2.45) is 0 Å². The van der Waals surface area contributed by atoms with Gasteiger partial charge in [0.15, 0.2) is 11.6 Å². The first kappa shape index (κ1) is 37.3. The van der Waals surface area contributed by atoms with Gasteiger partial charge in [-0.25, -0.2) is 31.3 Å². The van der Waals surface area contributed by atoms with Crippen LogP contribution in [0.2, 0.25) is 5.02 Å². The monoisotopic (exact) mass is 748 g/mol. The van der Waals surface area contributed by atoms with Crippen LogP contribution in [0, 0.1) is 18.6 Å². The van der Waals surface area contributed by atoms with Gasteiger partial charge in [-0.2, -0.15) is 4.37 Å². The van der Waals surface area contributed by atoms with Gasteiger partial charge < -0.3 is 19.1 Å². The van der Waals surface area contributed by atoms with Gasteiger partial charge in [-0.15, -0.1) is 0 Å². The first-order chi connectivity index (χ1) is 23.6. The van der Waals surface area contributed by atoms with Crippen molar-refractivity contribution in [3.8, 4) is 11.5 Å². The Bertz CT molecular complexity index is 1910. The molecule has 1 aromatic heterocycles. The summed E-state index contributed by atoms with van der Waals surface area (Å²) in [4.78, 5) is 17.6. The number of rotatable bonds is 11. The molecule has 2 heterocycles. The number of hydrogen-bond acceptors (Lipinski definition) is 9. The Hall–Kier alpha value is -4.01. The predicted octanol–water partition coefficient (Wildman–Crippen LogP) is 7.92. The van der Waals surface area contributed by atoms with Crippen LogP contribution in [0.3, 0.4) is 0 Å². The van der Waals surface area contributed by atoms with E-state index in [1.54, 1.807) is 42.2 Å². The molecule has 1 aliphatic rings. The number of carbonyl (C=O) groups is 1. The quantitative estimate of drug-likeness (QED) is 0.152. The average molecular weight is 749 g/mol. The van der Waals surface area contributed by atoms with E-state index in [1.807, 2.05) is 32.9 Å². The van der Waals surface area contributed by atoms with Gasteiger partial charge in [0, 0.05) is 47.2 Å². The summed E-state index contributed by atoms with van der Waals surface area (Å²) in [6, 6.07) is 13.9. The summed E-state index contributed by atoms with van der Waals surface area (Å²) in [7, 11) is -3.13. The van der Waals surface area contributed by atoms with Crippen LogP contribution in [-0.4, -0.2) is 61.2 Å². The van der Waals surface area contributed by atoms with Crippen LogP contribution in [0.15, 0.2) is 65.8 Å². The molecule has 10 nitrogen and oxygen atoms in total. The molecule has 0 saturated carbocycles.